The van der Waals surface area contributed by atoms with Crippen LogP contribution in [0.4, 0.5) is 0 Å². The molecule has 0 radical (unpaired) electrons. The molecule has 0 bridgehead atoms. The first-order valence-corrected chi connectivity index (χ1v) is 6.98. The zero-order valence-corrected chi connectivity index (χ0v) is 10.5. The summed E-state index contributed by atoms with van der Waals surface area (Å²) < 4.78 is 1.35. The molecule has 0 aliphatic rings. The van der Waals surface area contributed by atoms with Gasteiger partial charge in [0, 0.05) is 15.0 Å². The number of aryl methyl sites for hydroxylation is 1. The van der Waals surface area contributed by atoms with Crippen molar-refractivity contribution < 1.29 is 0 Å². The Morgan fingerprint density at radius 2 is 2.29 bits per heavy atom. The van der Waals surface area contributed by atoms with Crippen LogP contribution in [0.2, 0.25) is 5.02 Å². The van der Waals surface area contributed by atoms with Crippen LogP contribution in [0.1, 0.15) is 12.5 Å². The second kappa shape index (κ2) is 4.13. The van der Waals surface area contributed by atoms with Crippen LogP contribution < -0.4 is 0 Å². The molecule has 0 fully saturated rings. The Balaban J connectivity index is 2.82. The maximum Gasteiger partial charge on any atom is 0.0504 e. The van der Waals surface area contributed by atoms with Gasteiger partial charge in [-0.05, 0) is 35.8 Å². The van der Waals surface area contributed by atoms with Crippen LogP contribution in [0, 0.1) is 0 Å². The molecular weight excluding hydrogens is 232 g/mol. The fourth-order valence-corrected chi connectivity index (χ4v) is 3.86. The van der Waals surface area contributed by atoms with Gasteiger partial charge in [0.25, 0.3) is 0 Å². The molecule has 3 heteroatoms. The molecule has 0 saturated heterocycles. The zero-order valence-electron chi connectivity index (χ0n) is 8.13. The molecule has 2 rings (SSSR count). The molecular formula is C11H11ClS2. The number of rotatable bonds is 2. The van der Waals surface area contributed by atoms with E-state index in [2.05, 4.69) is 30.7 Å². The number of thioether (sulfide) groups is 1. The van der Waals surface area contributed by atoms with Gasteiger partial charge in [0.1, 0.15) is 0 Å². The highest BCUT2D eigenvalue weighted by Crippen LogP contribution is 2.37. The van der Waals surface area contributed by atoms with Crippen molar-refractivity contribution in [3.8, 4) is 0 Å². The fourth-order valence-electron chi connectivity index (χ4n) is 1.64. The molecule has 2 aromatic rings. The van der Waals surface area contributed by atoms with E-state index in [4.69, 9.17) is 11.6 Å². The highest BCUT2D eigenvalue weighted by atomic mass is 35.5. The Kier molecular flexibility index (Phi) is 3.05. The van der Waals surface area contributed by atoms with Gasteiger partial charge < -0.3 is 0 Å². The third-order valence-electron chi connectivity index (χ3n) is 2.33. The molecule has 0 aliphatic carbocycles. The van der Waals surface area contributed by atoms with Crippen molar-refractivity contribution in [2.45, 2.75) is 18.2 Å². The maximum absolute atomic E-state index is 6.20. The van der Waals surface area contributed by atoms with Crippen molar-refractivity contribution in [2.75, 3.05) is 6.26 Å². The summed E-state index contributed by atoms with van der Waals surface area (Å²) in [4.78, 5) is 1.31. The zero-order chi connectivity index (χ0) is 10.1. The van der Waals surface area contributed by atoms with E-state index in [1.165, 1.54) is 20.5 Å². The highest BCUT2D eigenvalue weighted by molar-refractivity contribution is 7.98. The molecule has 1 aromatic carbocycles. The van der Waals surface area contributed by atoms with Gasteiger partial charge in [-0.3, -0.25) is 0 Å². The van der Waals surface area contributed by atoms with Crippen LogP contribution in [0.15, 0.2) is 22.4 Å². The summed E-state index contributed by atoms with van der Waals surface area (Å²) in [6.45, 7) is 2.20. The first kappa shape index (κ1) is 10.3. The first-order chi connectivity index (χ1) is 6.77. The van der Waals surface area contributed by atoms with Crippen LogP contribution in [0.3, 0.4) is 0 Å². The summed E-state index contributed by atoms with van der Waals surface area (Å²) in [6, 6.07) is 4.19. The second-order valence-electron chi connectivity index (χ2n) is 3.06. The molecule has 14 heavy (non-hydrogen) atoms. The summed E-state index contributed by atoms with van der Waals surface area (Å²) in [5.41, 5.74) is 1.44. The molecule has 74 valence electrons. The maximum atomic E-state index is 6.20. The lowest BCUT2D eigenvalue weighted by molar-refractivity contribution is 1.11. The van der Waals surface area contributed by atoms with Gasteiger partial charge in [0.2, 0.25) is 0 Å². The molecule has 0 saturated carbocycles. The van der Waals surface area contributed by atoms with Gasteiger partial charge in [-0.1, -0.05) is 18.5 Å². The minimum atomic E-state index is 0.878. The van der Waals surface area contributed by atoms with E-state index in [9.17, 15) is 0 Å². The topological polar surface area (TPSA) is 0 Å². The number of halogens is 1. The smallest absolute Gasteiger partial charge is 0.0504 e. The number of hydrogen-bond donors (Lipinski definition) is 0. The minimum Gasteiger partial charge on any atom is -0.143 e. The Labute approximate surface area is 97.3 Å². The van der Waals surface area contributed by atoms with Crippen LogP contribution in [0.5, 0.6) is 0 Å². The average molecular weight is 243 g/mol. The predicted molar refractivity (Wildman–Crippen MR) is 68.0 cm³/mol. The van der Waals surface area contributed by atoms with E-state index in [1.54, 1.807) is 23.1 Å². The average Bonchev–Trinajstić information content (AvgIpc) is 2.66. The monoisotopic (exact) mass is 242 g/mol. The van der Waals surface area contributed by atoms with E-state index < -0.39 is 0 Å². The van der Waals surface area contributed by atoms with Crippen LogP contribution in [-0.4, -0.2) is 6.26 Å². The Hall–Kier alpha value is -0.180. The molecule has 0 unspecified atom stereocenters. The molecule has 0 amide bonds. The quantitative estimate of drug-likeness (QED) is 0.679. The summed E-state index contributed by atoms with van der Waals surface area (Å²) in [6.07, 6.45) is 3.18. The lowest BCUT2D eigenvalue weighted by Crippen LogP contribution is -1.85. The number of benzene rings is 1. The largest absolute Gasteiger partial charge is 0.143 e. The number of hydrogen-bond acceptors (Lipinski definition) is 2. The molecule has 0 N–H and O–H groups in total. The van der Waals surface area contributed by atoms with Gasteiger partial charge in [-0.15, -0.1) is 23.1 Å². The van der Waals surface area contributed by atoms with Gasteiger partial charge in [-0.25, -0.2) is 0 Å². The Morgan fingerprint density at radius 3 is 2.93 bits per heavy atom. The lowest BCUT2D eigenvalue weighted by Gasteiger charge is -2.07. The van der Waals surface area contributed by atoms with E-state index >= 15 is 0 Å². The van der Waals surface area contributed by atoms with Gasteiger partial charge in [0.05, 0.1) is 5.02 Å². The van der Waals surface area contributed by atoms with Crippen molar-refractivity contribution in [2.24, 2.45) is 0 Å². The van der Waals surface area contributed by atoms with Crippen LogP contribution in [0.25, 0.3) is 10.1 Å². The molecule has 0 nitrogen and oxygen atoms in total. The second-order valence-corrected chi connectivity index (χ2v) is 5.23. The van der Waals surface area contributed by atoms with Crippen molar-refractivity contribution in [3.63, 3.8) is 0 Å². The Morgan fingerprint density at radius 1 is 1.50 bits per heavy atom. The molecule has 0 aliphatic heterocycles. The summed E-state index contributed by atoms with van der Waals surface area (Å²) in [5.74, 6) is 0. The SMILES string of the molecule is CCc1c(SC)cc(Cl)c2ccsc12. The van der Waals surface area contributed by atoms with Crippen molar-refractivity contribution in [3.05, 3.63) is 28.1 Å². The Bertz CT molecular complexity index is 460. The third kappa shape index (κ3) is 1.56. The summed E-state index contributed by atoms with van der Waals surface area (Å²) >= 11 is 9.76. The van der Waals surface area contributed by atoms with Crippen molar-refractivity contribution in [1.29, 1.82) is 0 Å². The van der Waals surface area contributed by atoms with E-state index in [0.717, 1.165) is 11.4 Å². The summed E-state index contributed by atoms with van der Waals surface area (Å²) in [5, 5.41) is 4.19. The summed E-state index contributed by atoms with van der Waals surface area (Å²) in [7, 11) is 0. The highest BCUT2D eigenvalue weighted by Gasteiger charge is 2.09. The molecule has 1 heterocycles. The van der Waals surface area contributed by atoms with Crippen molar-refractivity contribution >= 4 is 44.8 Å². The predicted octanol–water partition coefficient (Wildman–Crippen LogP) is 4.84. The van der Waals surface area contributed by atoms with E-state index in [1.807, 2.05) is 0 Å². The van der Waals surface area contributed by atoms with Gasteiger partial charge in [-0.2, -0.15) is 0 Å². The standard InChI is InChI=1S/C11H11ClS2/c1-3-7-10(13-2)6-9(12)8-4-5-14-11(7)8/h4-6H,3H2,1-2H3. The third-order valence-corrected chi connectivity index (χ3v) is 4.42. The van der Waals surface area contributed by atoms with Crippen molar-refractivity contribution in [1.82, 2.24) is 0 Å². The van der Waals surface area contributed by atoms with E-state index in [0.29, 0.717) is 0 Å². The molecule has 0 spiro atoms. The number of thiophene rings is 1. The molecule has 0 atom stereocenters. The molecule has 1 aromatic heterocycles. The number of fused-ring (bicyclic) bond motifs is 1. The lowest BCUT2D eigenvalue weighted by atomic mass is 10.1. The normalized spacial score (nSPS) is 11.1. The van der Waals surface area contributed by atoms with Gasteiger partial charge >= 0.3 is 0 Å². The first-order valence-electron chi connectivity index (χ1n) is 4.50. The fraction of sp³-hybridized carbons (Fsp3) is 0.273. The van der Waals surface area contributed by atoms with Crippen LogP contribution in [-0.2, 0) is 6.42 Å². The van der Waals surface area contributed by atoms with Crippen LogP contribution >= 0.6 is 34.7 Å². The minimum absolute atomic E-state index is 0.878. The van der Waals surface area contributed by atoms with E-state index in [-0.39, 0.29) is 0 Å². The van der Waals surface area contributed by atoms with Gasteiger partial charge in [0.15, 0.2) is 0 Å².